The molecule has 1 aromatic rings. The van der Waals surface area contributed by atoms with Crippen LogP contribution in [0.15, 0.2) is 21.5 Å². The predicted molar refractivity (Wildman–Crippen MR) is 89.6 cm³/mol. The number of nitrogens with zero attached hydrogens (tertiary/aromatic N) is 2. The molecule has 0 bridgehead atoms. The molecule has 0 unspecified atom stereocenters. The Balaban J connectivity index is 2.44. The van der Waals surface area contributed by atoms with Gasteiger partial charge in [0.15, 0.2) is 0 Å². The molecule has 0 radical (unpaired) electrons. The summed E-state index contributed by atoms with van der Waals surface area (Å²) < 4.78 is 27.8. The Kier molecular flexibility index (Phi) is 4.98. The normalized spacial score (nSPS) is 20.7. The first-order valence-electron chi connectivity index (χ1n) is 6.41. The van der Waals surface area contributed by atoms with Crippen molar-refractivity contribution in [1.82, 2.24) is 9.21 Å². The van der Waals surface area contributed by atoms with E-state index >= 15 is 0 Å². The van der Waals surface area contributed by atoms with E-state index in [1.54, 1.807) is 12.1 Å². The van der Waals surface area contributed by atoms with Crippen LogP contribution in [-0.4, -0.2) is 49.8 Å². The lowest BCUT2D eigenvalue weighted by molar-refractivity contribution is 0.0801. The standard InChI is InChI=1S/C13H17BrCl2N2O2S/c1-13(2)8-18(5-4-17(13)3)21(19,20)12-10(15)6-9(14)7-11(12)16/h6-7H,4-5,8H2,1-3H3. The van der Waals surface area contributed by atoms with Crippen molar-refractivity contribution < 1.29 is 8.42 Å². The molecule has 21 heavy (non-hydrogen) atoms. The van der Waals surface area contributed by atoms with Crippen molar-refractivity contribution in [3.05, 3.63) is 26.7 Å². The van der Waals surface area contributed by atoms with Gasteiger partial charge in [0.25, 0.3) is 0 Å². The van der Waals surface area contributed by atoms with Crippen molar-refractivity contribution in [1.29, 1.82) is 0 Å². The summed E-state index contributed by atoms with van der Waals surface area (Å²) in [6, 6.07) is 3.09. The van der Waals surface area contributed by atoms with E-state index in [1.807, 2.05) is 20.9 Å². The minimum atomic E-state index is -3.71. The van der Waals surface area contributed by atoms with Gasteiger partial charge in [-0.25, -0.2) is 8.42 Å². The smallest absolute Gasteiger partial charge is 0.246 e. The van der Waals surface area contributed by atoms with Crippen LogP contribution in [0.3, 0.4) is 0 Å². The van der Waals surface area contributed by atoms with E-state index in [0.717, 1.165) is 0 Å². The predicted octanol–water partition coefficient (Wildman–Crippen LogP) is 3.47. The molecule has 0 atom stereocenters. The van der Waals surface area contributed by atoms with Crippen LogP contribution in [0, 0.1) is 0 Å². The molecule has 0 aromatic heterocycles. The molecule has 0 N–H and O–H groups in total. The van der Waals surface area contributed by atoms with E-state index in [0.29, 0.717) is 24.1 Å². The lowest BCUT2D eigenvalue weighted by Gasteiger charge is -2.44. The molecule has 0 aliphatic carbocycles. The van der Waals surface area contributed by atoms with Gasteiger partial charge >= 0.3 is 0 Å². The molecule has 0 spiro atoms. The molecule has 0 saturated carbocycles. The molecule has 1 aliphatic rings. The second-order valence-corrected chi connectivity index (χ2v) is 9.38. The summed E-state index contributed by atoms with van der Waals surface area (Å²) in [4.78, 5) is 2.12. The van der Waals surface area contributed by atoms with E-state index in [4.69, 9.17) is 23.2 Å². The van der Waals surface area contributed by atoms with Crippen LogP contribution < -0.4 is 0 Å². The van der Waals surface area contributed by atoms with Gasteiger partial charge in [-0.1, -0.05) is 39.1 Å². The lowest BCUT2D eigenvalue weighted by Crippen LogP contribution is -2.58. The molecule has 2 rings (SSSR count). The maximum absolute atomic E-state index is 12.9. The number of hydrogen-bond donors (Lipinski definition) is 0. The first-order chi connectivity index (χ1) is 9.55. The SMILES string of the molecule is CN1CCN(S(=O)(=O)c2c(Cl)cc(Br)cc2Cl)CC1(C)C. The van der Waals surface area contributed by atoms with E-state index in [9.17, 15) is 8.42 Å². The largest absolute Gasteiger partial charge is 0.299 e. The maximum atomic E-state index is 12.9. The van der Waals surface area contributed by atoms with Crippen LogP contribution in [0.1, 0.15) is 13.8 Å². The van der Waals surface area contributed by atoms with E-state index in [1.165, 1.54) is 4.31 Å². The Bertz CT molecular complexity index is 641. The van der Waals surface area contributed by atoms with Crippen LogP contribution in [0.2, 0.25) is 10.0 Å². The quantitative estimate of drug-likeness (QED) is 0.742. The topological polar surface area (TPSA) is 40.6 Å². The van der Waals surface area contributed by atoms with Gasteiger partial charge in [-0.15, -0.1) is 0 Å². The van der Waals surface area contributed by atoms with Gasteiger partial charge in [-0.2, -0.15) is 4.31 Å². The molecule has 1 aliphatic heterocycles. The minimum Gasteiger partial charge on any atom is -0.299 e. The minimum absolute atomic E-state index is 0.0191. The van der Waals surface area contributed by atoms with Gasteiger partial charge in [0.2, 0.25) is 10.0 Å². The number of rotatable bonds is 2. The Labute approximate surface area is 144 Å². The summed E-state index contributed by atoms with van der Waals surface area (Å²) in [5.74, 6) is 0. The fourth-order valence-electron chi connectivity index (χ4n) is 2.31. The average molecular weight is 416 g/mol. The first-order valence-corrected chi connectivity index (χ1v) is 9.40. The Morgan fingerprint density at radius 3 is 2.19 bits per heavy atom. The third-order valence-corrected chi connectivity index (χ3v) is 7.07. The van der Waals surface area contributed by atoms with Gasteiger partial charge in [0.05, 0.1) is 10.0 Å². The zero-order valence-electron chi connectivity index (χ0n) is 12.0. The summed E-state index contributed by atoms with van der Waals surface area (Å²) in [5.41, 5.74) is -0.236. The molecule has 8 heteroatoms. The monoisotopic (exact) mass is 414 g/mol. The number of likely N-dealkylation sites (N-methyl/N-ethyl adjacent to an activating group) is 1. The average Bonchev–Trinajstić information content (AvgIpc) is 2.30. The zero-order chi connectivity index (χ0) is 16.0. The number of benzene rings is 1. The summed E-state index contributed by atoms with van der Waals surface area (Å²) >= 11 is 15.5. The highest BCUT2D eigenvalue weighted by Gasteiger charge is 2.38. The Morgan fingerprint density at radius 1 is 1.19 bits per heavy atom. The van der Waals surface area contributed by atoms with Gasteiger partial charge in [0, 0.05) is 29.6 Å². The second-order valence-electron chi connectivity index (χ2n) is 5.77. The van der Waals surface area contributed by atoms with Crippen LogP contribution in [0.5, 0.6) is 0 Å². The Morgan fingerprint density at radius 2 is 1.71 bits per heavy atom. The molecule has 4 nitrogen and oxygen atoms in total. The van der Waals surface area contributed by atoms with E-state index in [2.05, 4.69) is 20.8 Å². The molecular formula is C13H17BrCl2N2O2S. The molecule has 1 heterocycles. The highest BCUT2D eigenvalue weighted by Crippen LogP contribution is 2.36. The summed E-state index contributed by atoms with van der Waals surface area (Å²) in [7, 11) is -1.72. The van der Waals surface area contributed by atoms with E-state index < -0.39 is 10.0 Å². The van der Waals surface area contributed by atoms with Crippen molar-refractivity contribution in [2.45, 2.75) is 24.3 Å². The van der Waals surface area contributed by atoms with Crippen molar-refractivity contribution in [3.63, 3.8) is 0 Å². The van der Waals surface area contributed by atoms with Crippen molar-refractivity contribution in [3.8, 4) is 0 Å². The van der Waals surface area contributed by atoms with Gasteiger partial charge in [0.1, 0.15) is 4.90 Å². The Hall–Kier alpha value is 0.150. The van der Waals surface area contributed by atoms with Gasteiger partial charge < -0.3 is 0 Å². The summed E-state index contributed by atoms with van der Waals surface area (Å²) in [6.45, 7) is 5.51. The summed E-state index contributed by atoms with van der Waals surface area (Å²) in [5, 5.41) is 0.261. The van der Waals surface area contributed by atoms with Crippen molar-refractivity contribution in [2.75, 3.05) is 26.7 Å². The number of sulfonamides is 1. The van der Waals surface area contributed by atoms with Crippen LogP contribution in [0.25, 0.3) is 0 Å². The van der Waals surface area contributed by atoms with Crippen LogP contribution >= 0.6 is 39.1 Å². The first kappa shape index (κ1) is 17.5. The molecule has 1 aromatic carbocycles. The van der Waals surface area contributed by atoms with Crippen LogP contribution in [-0.2, 0) is 10.0 Å². The fraction of sp³-hybridized carbons (Fsp3) is 0.538. The number of piperazine rings is 1. The maximum Gasteiger partial charge on any atom is 0.246 e. The molecule has 0 amide bonds. The fourth-order valence-corrected chi connectivity index (χ4v) is 5.78. The van der Waals surface area contributed by atoms with E-state index in [-0.39, 0.29) is 20.5 Å². The molecule has 1 saturated heterocycles. The molecule has 118 valence electrons. The van der Waals surface area contributed by atoms with Gasteiger partial charge in [-0.3, -0.25) is 4.90 Å². The van der Waals surface area contributed by atoms with Crippen molar-refractivity contribution >= 4 is 49.2 Å². The highest BCUT2D eigenvalue weighted by atomic mass is 79.9. The molecule has 1 fully saturated rings. The third-order valence-electron chi connectivity index (χ3n) is 3.84. The molecular weight excluding hydrogens is 399 g/mol. The number of hydrogen-bond acceptors (Lipinski definition) is 3. The number of halogens is 3. The van der Waals surface area contributed by atoms with Crippen LogP contribution in [0.4, 0.5) is 0 Å². The second kappa shape index (κ2) is 5.98. The summed E-state index contributed by atoms with van der Waals surface area (Å²) in [6.07, 6.45) is 0. The lowest BCUT2D eigenvalue weighted by atomic mass is 10.0. The third kappa shape index (κ3) is 3.41. The van der Waals surface area contributed by atoms with Gasteiger partial charge in [-0.05, 0) is 33.0 Å². The zero-order valence-corrected chi connectivity index (χ0v) is 15.9. The van der Waals surface area contributed by atoms with Crippen molar-refractivity contribution in [2.24, 2.45) is 0 Å². The highest BCUT2D eigenvalue weighted by molar-refractivity contribution is 9.10.